The van der Waals surface area contributed by atoms with Gasteiger partial charge in [-0.25, -0.2) is 4.90 Å². The summed E-state index contributed by atoms with van der Waals surface area (Å²) in [6.07, 6.45) is 0. The minimum absolute atomic E-state index is 0.202. The van der Waals surface area contributed by atoms with E-state index >= 15 is 0 Å². The Balaban J connectivity index is 1.70. The van der Waals surface area contributed by atoms with E-state index in [1.54, 1.807) is 48.5 Å². The molecule has 4 heteroatoms. The molecule has 1 aliphatic heterocycles. The van der Waals surface area contributed by atoms with Crippen molar-refractivity contribution in [1.29, 1.82) is 0 Å². The summed E-state index contributed by atoms with van der Waals surface area (Å²) in [6.45, 7) is 0. The number of carbonyl (C=O) groups is 3. The highest BCUT2D eigenvalue weighted by molar-refractivity contribution is 6.39. The fraction of sp³-hybridized carbons (Fsp3) is 0.125. The van der Waals surface area contributed by atoms with Gasteiger partial charge in [0, 0.05) is 0 Å². The number of carbonyl (C=O) groups excluding carboxylic acids is 3. The van der Waals surface area contributed by atoms with Crippen LogP contribution in [0.4, 0.5) is 5.69 Å². The van der Waals surface area contributed by atoms with Crippen LogP contribution in [0.1, 0.15) is 17.0 Å². The molecule has 3 aromatic rings. The number of hydrogen-bond donors (Lipinski definition) is 0. The van der Waals surface area contributed by atoms with Gasteiger partial charge in [0.2, 0.25) is 5.91 Å². The van der Waals surface area contributed by atoms with Gasteiger partial charge in [-0.15, -0.1) is 0 Å². The second-order valence-electron chi connectivity index (χ2n) is 7.22. The lowest BCUT2D eigenvalue weighted by Gasteiger charge is -2.46. The summed E-state index contributed by atoms with van der Waals surface area (Å²) in [4.78, 5) is 41.7. The first-order valence-electron chi connectivity index (χ1n) is 9.25. The SMILES string of the molecule is O=C1C2C(c3ccccc3)C(=O)C2(c2ccccc2)C(=O)N1c1ccccc1. The Labute approximate surface area is 162 Å². The summed E-state index contributed by atoms with van der Waals surface area (Å²) in [5.74, 6) is -2.29. The Morgan fingerprint density at radius 2 is 1.21 bits per heavy atom. The van der Waals surface area contributed by atoms with Gasteiger partial charge in [-0.05, 0) is 23.3 Å². The van der Waals surface area contributed by atoms with Gasteiger partial charge in [-0.2, -0.15) is 0 Å². The van der Waals surface area contributed by atoms with Gasteiger partial charge >= 0.3 is 0 Å². The molecule has 0 spiro atoms. The van der Waals surface area contributed by atoms with Crippen LogP contribution in [0, 0.1) is 5.92 Å². The molecule has 136 valence electrons. The first-order chi connectivity index (χ1) is 13.7. The Kier molecular flexibility index (Phi) is 3.56. The molecule has 1 aliphatic carbocycles. The molecule has 1 heterocycles. The number of hydrogen-bond acceptors (Lipinski definition) is 3. The summed E-state index contributed by atoms with van der Waals surface area (Å²) < 4.78 is 0. The van der Waals surface area contributed by atoms with E-state index in [9.17, 15) is 14.4 Å². The van der Waals surface area contributed by atoms with E-state index in [1.807, 2.05) is 42.5 Å². The summed E-state index contributed by atoms with van der Waals surface area (Å²) in [5, 5.41) is 0. The maximum Gasteiger partial charge on any atom is 0.252 e. The van der Waals surface area contributed by atoms with Gasteiger partial charge in [0.25, 0.3) is 5.91 Å². The lowest BCUT2D eigenvalue weighted by atomic mass is 9.49. The van der Waals surface area contributed by atoms with Gasteiger partial charge in [-0.3, -0.25) is 14.4 Å². The Morgan fingerprint density at radius 1 is 0.679 bits per heavy atom. The summed E-state index contributed by atoms with van der Waals surface area (Å²) >= 11 is 0. The first kappa shape index (κ1) is 16.6. The number of anilines is 1. The van der Waals surface area contributed by atoms with Crippen LogP contribution in [0.2, 0.25) is 0 Å². The minimum Gasteiger partial charge on any atom is -0.297 e. The van der Waals surface area contributed by atoms with Crippen LogP contribution in [-0.2, 0) is 19.8 Å². The van der Waals surface area contributed by atoms with Crippen LogP contribution in [0.3, 0.4) is 0 Å². The molecule has 1 saturated heterocycles. The molecule has 3 unspecified atom stereocenters. The zero-order chi connectivity index (χ0) is 19.3. The van der Waals surface area contributed by atoms with E-state index in [0.717, 1.165) is 5.56 Å². The topological polar surface area (TPSA) is 54.5 Å². The molecule has 28 heavy (non-hydrogen) atoms. The van der Waals surface area contributed by atoms with Crippen molar-refractivity contribution in [2.75, 3.05) is 4.90 Å². The molecule has 0 aromatic heterocycles. The third-order valence-electron chi connectivity index (χ3n) is 5.90. The predicted molar refractivity (Wildman–Crippen MR) is 105 cm³/mol. The predicted octanol–water partition coefficient (Wildman–Crippen LogP) is 3.48. The molecule has 0 radical (unpaired) electrons. The highest BCUT2D eigenvalue weighted by Crippen LogP contribution is 2.59. The summed E-state index contributed by atoms with van der Waals surface area (Å²) in [5.41, 5.74) is 0.435. The number of ketones is 1. The lowest BCUT2D eigenvalue weighted by molar-refractivity contribution is -0.149. The number of rotatable bonds is 3. The molecule has 5 rings (SSSR count). The number of benzene rings is 3. The zero-order valence-corrected chi connectivity index (χ0v) is 15.0. The van der Waals surface area contributed by atoms with Gasteiger partial charge in [0.05, 0.1) is 17.5 Å². The quantitative estimate of drug-likeness (QED) is 0.526. The van der Waals surface area contributed by atoms with Crippen molar-refractivity contribution in [3.8, 4) is 0 Å². The van der Waals surface area contributed by atoms with Gasteiger partial charge in [0.15, 0.2) is 5.78 Å². The molecule has 4 nitrogen and oxygen atoms in total. The summed E-state index contributed by atoms with van der Waals surface area (Å²) in [6, 6.07) is 27.1. The average molecular weight is 367 g/mol. The third-order valence-corrected chi connectivity index (χ3v) is 5.90. The highest BCUT2D eigenvalue weighted by Gasteiger charge is 2.76. The second kappa shape index (κ2) is 5.99. The van der Waals surface area contributed by atoms with E-state index in [2.05, 4.69) is 0 Å². The molecule has 3 atom stereocenters. The van der Waals surface area contributed by atoms with E-state index in [1.165, 1.54) is 4.90 Å². The van der Waals surface area contributed by atoms with Crippen molar-refractivity contribution in [2.45, 2.75) is 11.3 Å². The molecule has 1 saturated carbocycles. The number of amides is 2. The van der Waals surface area contributed by atoms with Crippen LogP contribution in [0.15, 0.2) is 91.0 Å². The van der Waals surface area contributed by atoms with Crippen molar-refractivity contribution in [3.05, 3.63) is 102 Å². The van der Waals surface area contributed by atoms with Gasteiger partial charge in [-0.1, -0.05) is 78.9 Å². The summed E-state index contributed by atoms with van der Waals surface area (Å²) in [7, 11) is 0. The van der Waals surface area contributed by atoms with Crippen molar-refractivity contribution < 1.29 is 14.4 Å². The number of fused-ring (bicyclic) bond motifs is 1. The fourth-order valence-corrected chi connectivity index (χ4v) is 4.66. The van der Waals surface area contributed by atoms with Crippen LogP contribution in [0.25, 0.3) is 0 Å². The molecular weight excluding hydrogens is 350 g/mol. The maximum atomic E-state index is 13.6. The Hall–Kier alpha value is -3.53. The van der Waals surface area contributed by atoms with E-state index in [4.69, 9.17) is 0 Å². The van der Waals surface area contributed by atoms with Crippen molar-refractivity contribution in [3.63, 3.8) is 0 Å². The smallest absolute Gasteiger partial charge is 0.252 e. The Morgan fingerprint density at radius 3 is 1.82 bits per heavy atom. The van der Waals surface area contributed by atoms with E-state index in [-0.39, 0.29) is 11.7 Å². The number of para-hydroxylation sites is 1. The third kappa shape index (κ3) is 1.97. The molecule has 0 bridgehead atoms. The molecule has 3 aromatic carbocycles. The van der Waals surface area contributed by atoms with E-state index in [0.29, 0.717) is 11.3 Å². The van der Waals surface area contributed by atoms with Crippen molar-refractivity contribution >= 4 is 23.3 Å². The average Bonchev–Trinajstić information content (AvgIpc) is 2.94. The standard InChI is InChI=1S/C24H17NO3/c26-21-19(16-10-4-1-5-11-16)20-22(27)25(18-14-8-3-9-15-18)23(28)24(20,21)17-12-6-2-7-13-17/h1-15,19-20H. The zero-order valence-electron chi connectivity index (χ0n) is 15.0. The normalized spacial score (nSPS) is 26.1. The van der Waals surface area contributed by atoms with Gasteiger partial charge in [0.1, 0.15) is 5.41 Å². The molecule has 2 aliphatic rings. The maximum absolute atomic E-state index is 13.6. The largest absolute Gasteiger partial charge is 0.297 e. The van der Waals surface area contributed by atoms with Crippen LogP contribution in [-0.4, -0.2) is 17.6 Å². The Bertz CT molecular complexity index is 1080. The monoisotopic (exact) mass is 367 g/mol. The molecular formula is C24H17NO3. The van der Waals surface area contributed by atoms with Crippen molar-refractivity contribution in [2.24, 2.45) is 5.92 Å². The fourth-order valence-electron chi connectivity index (χ4n) is 4.66. The van der Waals surface area contributed by atoms with Gasteiger partial charge < -0.3 is 0 Å². The molecule has 2 amide bonds. The van der Waals surface area contributed by atoms with Crippen LogP contribution < -0.4 is 4.90 Å². The van der Waals surface area contributed by atoms with Crippen LogP contribution in [0.5, 0.6) is 0 Å². The molecule has 2 fully saturated rings. The number of imide groups is 1. The minimum atomic E-state index is -1.44. The van der Waals surface area contributed by atoms with Crippen molar-refractivity contribution in [1.82, 2.24) is 0 Å². The number of Topliss-reactive ketones (excluding diaryl/α,β-unsaturated/α-hetero) is 1. The van der Waals surface area contributed by atoms with E-state index < -0.39 is 23.2 Å². The highest BCUT2D eigenvalue weighted by atomic mass is 16.2. The lowest BCUT2D eigenvalue weighted by Crippen LogP contribution is -2.61. The number of nitrogens with zero attached hydrogens (tertiary/aromatic N) is 1. The first-order valence-corrected chi connectivity index (χ1v) is 9.25. The second-order valence-corrected chi connectivity index (χ2v) is 7.22. The molecule has 0 N–H and O–H groups in total. The van der Waals surface area contributed by atoms with Crippen LogP contribution >= 0.6 is 0 Å².